The Morgan fingerprint density at radius 1 is 1.39 bits per heavy atom. The first kappa shape index (κ1) is 15.7. The van der Waals surface area contributed by atoms with Gasteiger partial charge in [0.15, 0.2) is 0 Å². The molecule has 1 rings (SSSR count). The van der Waals surface area contributed by atoms with Crippen molar-refractivity contribution in [3.05, 3.63) is 33.8 Å². The Labute approximate surface area is 126 Å². The molecule has 1 aromatic carbocycles. The fraction of sp³-hybridized carbons (Fsp3) is 0.500. The summed E-state index contributed by atoms with van der Waals surface area (Å²) < 4.78 is 0.945. The Balaban J connectivity index is 2.59. The number of carbonyl (C=O) groups is 1. The second kappa shape index (κ2) is 7.95. The van der Waals surface area contributed by atoms with Crippen LogP contribution >= 0.6 is 31.9 Å². The Bertz CT molecular complexity index is 387. The highest BCUT2D eigenvalue weighted by atomic mass is 79.9. The largest absolute Gasteiger partial charge is 0.352 e. The van der Waals surface area contributed by atoms with Crippen molar-refractivity contribution in [2.45, 2.75) is 26.7 Å². The van der Waals surface area contributed by atoms with Crippen LogP contribution in [-0.2, 0) is 0 Å². The summed E-state index contributed by atoms with van der Waals surface area (Å²) in [6.45, 7) is 4.89. The number of amides is 1. The van der Waals surface area contributed by atoms with E-state index in [9.17, 15) is 4.79 Å². The average molecular weight is 377 g/mol. The molecular weight excluding hydrogens is 358 g/mol. The average Bonchev–Trinajstić information content (AvgIpc) is 2.32. The van der Waals surface area contributed by atoms with Gasteiger partial charge in [-0.05, 0) is 43.0 Å². The van der Waals surface area contributed by atoms with Gasteiger partial charge in [-0.3, -0.25) is 4.79 Å². The van der Waals surface area contributed by atoms with Crippen LogP contribution in [0.4, 0.5) is 0 Å². The topological polar surface area (TPSA) is 29.1 Å². The Hall–Kier alpha value is -0.350. The monoisotopic (exact) mass is 375 g/mol. The van der Waals surface area contributed by atoms with E-state index in [0.717, 1.165) is 40.3 Å². The zero-order valence-corrected chi connectivity index (χ0v) is 14.0. The van der Waals surface area contributed by atoms with Crippen molar-refractivity contribution in [2.75, 3.05) is 11.9 Å². The van der Waals surface area contributed by atoms with E-state index >= 15 is 0 Å². The minimum absolute atomic E-state index is 0.00687. The lowest BCUT2D eigenvalue weighted by molar-refractivity contribution is 0.0946. The molecule has 1 aromatic rings. The first-order valence-electron chi connectivity index (χ1n) is 6.18. The molecule has 0 fully saturated rings. The summed E-state index contributed by atoms with van der Waals surface area (Å²) >= 11 is 6.86. The second-order valence-electron chi connectivity index (χ2n) is 4.48. The summed E-state index contributed by atoms with van der Waals surface area (Å²) in [5.41, 5.74) is 1.80. The van der Waals surface area contributed by atoms with Crippen LogP contribution in [0, 0.1) is 12.8 Å². The van der Waals surface area contributed by atoms with Gasteiger partial charge in [0.1, 0.15) is 0 Å². The fourth-order valence-corrected chi connectivity index (χ4v) is 3.07. The lowest BCUT2D eigenvalue weighted by atomic mass is 10.0. The molecule has 100 valence electrons. The maximum absolute atomic E-state index is 12.0. The number of nitrogens with one attached hydrogen (secondary N) is 1. The predicted octanol–water partition coefficient (Wildman–Crippen LogP) is 4.30. The van der Waals surface area contributed by atoms with E-state index in [1.807, 2.05) is 25.1 Å². The maximum atomic E-state index is 12.0. The van der Waals surface area contributed by atoms with Crippen molar-refractivity contribution in [3.8, 4) is 0 Å². The molecule has 0 bridgehead atoms. The third-order valence-electron chi connectivity index (χ3n) is 2.95. The van der Waals surface area contributed by atoms with E-state index in [0.29, 0.717) is 5.92 Å². The molecule has 0 spiro atoms. The molecule has 0 aromatic heterocycles. The molecule has 0 heterocycles. The third-order valence-corrected chi connectivity index (χ3v) is 3.87. The van der Waals surface area contributed by atoms with Gasteiger partial charge in [-0.1, -0.05) is 45.2 Å². The van der Waals surface area contributed by atoms with E-state index in [1.165, 1.54) is 0 Å². The van der Waals surface area contributed by atoms with Crippen LogP contribution in [0.2, 0.25) is 0 Å². The third kappa shape index (κ3) is 5.11. The molecule has 4 heteroatoms. The molecule has 0 saturated carbocycles. The fourth-order valence-electron chi connectivity index (χ4n) is 1.81. The van der Waals surface area contributed by atoms with Crippen LogP contribution in [0.3, 0.4) is 0 Å². The zero-order chi connectivity index (χ0) is 13.5. The molecule has 18 heavy (non-hydrogen) atoms. The second-order valence-corrected chi connectivity index (χ2v) is 6.19. The van der Waals surface area contributed by atoms with Crippen molar-refractivity contribution in [3.63, 3.8) is 0 Å². The number of hydrogen-bond acceptors (Lipinski definition) is 1. The van der Waals surface area contributed by atoms with Crippen LogP contribution in [0.5, 0.6) is 0 Å². The summed E-state index contributed by atoms with van der Waals surface area (Å²) in [6, 6.07) is 5.76. The molecule has 1 unspecified atom stereocenters. The zero-order valence-electron chi connectivity index (χ0n) is 10.8. The highest BCUT2D eigenvalue weighted by molar-refractivity contribution is 9.10. The Kier molecular flexibility index (Phi) is 6.94. The number of halogens is 2. The van der Waals surface area contributed by atoms with Gasteiger partial charge in [0.2, 0.25) is 0 Å². The summed E-state index contributed by atoms with van der Waals surface area (Å²) in [5, 5.41) is 3.99. The smallest absolute Gasteiger partial charge is 0.251 e. The summed E-state index contributed by atoms with van der Waals surface area (Å²) in [6.07, 6.45) is 2.18. The normalized spacial score (nSPS) is 12.2. The molecular formula is C14H19Br2NO. The van der Waals surface area contributed by atoms with Gasteiger partial charge in [-0.2, -0.15) is 0 Å². The molecule has 1 N–H and O–H groups in total. The van der Waals surface area contributed by atoms with Crippen LogP contribution in [0.25, 0.3) is 0 Å². The lowest BCUT2D eigenvalue weighted by Gasteiger charge is -2.14. The van der Waals surface area contributed by atoms with Crippen molar-refractivity contribution in [1.29, 1.82) is 0 Å². The summed E-state index contributed by atoms with van der Waals surface area (Å²) in [4.78, 5) is 12.0. The minimum atomic E-state index is 0.00687. The lowest BCUT2D eigenvalue weighted by Crippen LogP contribution is -2.29. The number of aryl methyl sites for hydroxylation is 1. The van der Waals surface area contributed by atoms with E-state index in [1.54, 1.807) is 0 Å². The van der Waals surface area contributed by atoms with Crippen LogP contribution in [-0.4, -0.2) is 17.8 Å². The van der Waals surface area contributed by atoms with Crippen molar-refractivity contribution >= 4 is 37.8 Å². The van der Waals surface area contributed by atoms with Gasteiger partial charge in [0, 0.05) is 21.9 Å². The number of hydrogen-bond donors (Lipinski definition) is 1. The molecule has 0 saturated heterocycles. The molecule has 1 amide bonds. The van der Waals surface area contributed by atoms with Gasteiger partial charge < -0.3 is 5.32 Å². The van der Waals surface area contributed by atoms with Gasteiger partial charge in [-0.15, -0.1) is 0 Å². The molecule has 0 aliphatic carbocycles. The van der Waals surface area contributed by atoms with Crippen LogP contribution in [0.1, 0.15) is 35.7 Å². The van der Waals surface area contributed by atoms with Gasteiger partial charge in [-0.25, -0.2) is 0 Å². The number of rotatable bonds is 6. The summed E-state index contributed by atoms with van der Waals surface area (Å²) in [7, 11) is 0. The standard InChI is InChI=1S/C14H19Br2NO/c1-3-11(4-5-15)9-17-14(18)12-6-10(2)7-13(16)8-12/h6-8,11H,3-5,9H2,1-2H3,(H,17,18). The number of carbonyl (C=O) groups excluding carboxylic acids is 1. The van der Waals surface area contributed by atoms with E-state index in [-0.39, 0.29) is 5.91 Å². The highest BCUT2D eigenvalue weighted by Crippen LogP contribution is 2.15. The quantitative estimate of drug-likeness (QED) is 0.737. The summed E-state index contributed by atoms with van der Waals surface area (Å²) in [5.74, 6) is 0.550. The van der Waals surface area contributed by atoms with Crippen molar-refractivity contribution < 1.29 is 4.79 Å². The predicted molar refractivity (Wildman–Crippen MR) is 83.4 cm³/mol. The first-order chi connectivity index (χ1) is 8.56. The van der Waals surface area contributed by atoms with Crippen molar-refractivity contribution in [1.82, 2.24) is 5.32 Å². The molecule has 0 radical (unpaired) electrons. The number of benzene rings is 1. The maximum Gasteiger partial charge on any atom is 0.251 e. The van der Waals surface area contributed by atoms with Gasteiger partial charge >= 0.3 is 0 Å². The van der Waals surface area contributed by atoms with Crippen molar-refractivity contribution in [2.24, 2.45) is 5.92 Å². The molecule has 0 aliphatic rings. The molecule has 2 nitrogen and oxygen atoms in total. The number of alkyl halides is 1. The van der Waals surface area contributed by atoms with Gasteiger partial charge in [0.05, 0.1) is 0 Å². The Morgan fingerprint density at radius 3 is 2.67 bits per heavy atom. The van der Waals surface area contributed by atoms with E-state index < -0.39 is 0 Å². The molecule has 1 atom stereocenters. The SMILES string of the molecule is CCC(CCBr)CNC(=O)c1cc(C)cc(Br)c1. The Morgan fingerprint density at radius 2 is 2.11 bits per heavy atom. The van der Waals surface area contributed by atoms with Crippen LogP contribution < -0.4 is 5.32 Å². The minimum Gasteiger partial charge on any atom is -0.352 e. The van der Waals surface area contributed by atoms with E-state index in [4.69, 9.17) is 0 Å². The molecule has 0 aliphatic heterocycles. The van der Waals surface area contributed by atoms with Crippen LogP contribution in [0.15, 0.2) is 22.7 Å². The highest BCUT2D eigenvalue weighted by Gasteiger charge is 2.10. The van der Waals surface area contributed by atoms with Gasteiger partial charge in [0.25, 0.3) is 5.91 Å². The van der Waals surface area contributed by atoms with E-state index in [2.05, 4.69) is 44.1 Å². The first-order valence-corrected chi connectivity index (χ1v) is 8.09.